The monoisotopic (exact) mass is 341 g/mol. The molecule has 0 aliphatic heterocycles. The molecule has 2 aromatic carbocycles. The minimum Gasteiger partial charge on any atom is -0.321 e. The normalized spacial score (nSPS) is 10.6. The average Bonchev–Trinajstić information content (AvgIpc) is 3.08. The standard InChI is InChI=1S/C18H16FN3OS/c1-24-12-13-2-6-15(7-3-13)20-18(23)17-10-11-22(21-17)16-8-4-14(19)5-9-16/h2-11H,12H2,1H3,(H,20,23). The minimum atomic E-state index is -0.311. The van der Waals surface area contributed by atoms with Crippen molar-refractivity contribution in [2.24, 2.45) is 0 Å². The predicted octanol–water partition coefficient (Wildman–Crippen LogP) is 4.13. The SMILES string of the molecule is CSCc1ccc(NC(=O)c2ccn(-c3ccc(F)cc3)n2)cc1. The number of hydrogen-bond donors (Lipinski definition) is 1. The number of anilines is 1. The number of hydrogen-bond acceptors (Lipinski definition) is 3. The van der Waals surface area contributed by atoms with Crippen LogP contribution < -0.4 is 5.32 Å². The summed E-state index contributed by atoms with van der Waals surface area (Å²) in [7, 11) is 0. The van der Waals surface area contributed by atoms with Gasteiger partial charge in [-0.2, -0.15) is 16.9 Å². The van der Waals surface area contributed by atoms with Crippen LogP contribution in [0.4, 0.5) is 10.1 Å². The molecule has 1 amide bonds. The molecule has 0 aliphatic carbocycles. The number of nitrogens with zero attached hydrogens (tertiary/aromatic N) is 2. The van der Waals surface area contributed by atoms with Crippen molar-refractivity contribution in [2.45, 2.75) is 5.75 Å². The number of carbonyl (C=O) groups excluding carboxylic acids is 1. The molecule has 1 N–H and O–H groups in total. The number of halogens is 1. The highest BCUT2D eigenvalue weighted by molar-refractivity contribution is 7.97. The van der Waals surface area contributed by atoms with Crippen molar-refractivity contribution in [3.63, 3.8) is 0 Å². The molecule has 122 valence electrons. The summed E-state index contributed by atoms with van der Waals surface area (Å²) < 4.78 is 14.5. The summed E-state index contributed by atoms with van der Waals surface area (Å²) in [6.45, 7) is 0. The lowest BCUT2D eigenvalue weighted by atomic mass is 10.2. The first kappa shape index (κ1) is 16.3. The summed E-state index contributed by atoms with van der Waals surface area (Å²) in [6.07, 6.45) is 3.72. The van der Waals surface area contributed by atoms with Crippen LogP contribution in [0.15, 0.2) is 60.8 Å². The fourth-order valence-electron chi connectivity index (χ4n) is 2.23. The zero-order valence-electron chi connectivity index (χ0n) is 13.1. The molecule has 1 aromatic heterocycles. The molecule has 3 rings (SSSR count). The first-order chi connectivity index (χ1) is 11.7. The van der Waals surface area contributed by atoms with Gasteiger partial charge in [-0.15, -0.1) is 0 Å². The Morgan fingerprint density at radius 3 is 2.50 bits per heavy atom. The van der Waals surface area contributed by atoms with Crippen LogP contribution in [0, 0.1) is 5.82 Å². The predicted molar refractivity (Wildman–Crippen MR) is 95.1 cm³/mol. The van der Waals surface area contributed by atoms with Gasteiger partial charge in [0.25, 0.3) is 5.91 Å². The van der Waals surface area contributed by atoms with Gasteiger partial charge in [0, 0.05) is 17.6 Å². The highest BCUT2D eigenvalue weighted by atomic mass is 32.2. The van der Waals surface area contributed by atoms with E-state index < -0.39 is 0 Å². The van der Waals surface area contributed by atoms with Gasteiger partial charge in [0.2, 0.25) is 0 Å². The summed E-state index contributed by atoms with van der Waals surface area (Å²) in [6, 6.07) is 15.3. The van der Waals surface area contributed by atoms with E-state index in [-0.39, 0.29) is 11.7 Å². The Bertz CT molecular complexity index is 828. The van der Waals surface area contributed by atoms with Crippen LogP contribution in [0.1, 0.15) is 16.1 Å². The third-order valence-electron chi connectivity index (χ3n) is 3.44. The van der Waals surface area contributed by atoms with E-state index in [4.69, 9.17) is 0 Å². The van der Waals surface area contributed by atoms with Gasteiger partial charge < -0.3 is 5.32 Å². The van der Waals surface area contributed by atoms with Gasteiger partial charge in [-0.05, 0) is 54.3 Å². The zero-order valence-corrected chi connectivity index (χ0v) is 13.9. The smallest absolute Gasteiger partial charge is 0.276 e. The van der Waals surface area contributed by atoms with Crippen LogP contribution in [0.5, 0.6) is 0 Å². The van der Waals surface area contributed by atoms with Crippen LogP contribution in [0.2, 0.25) is 0 Å². The fourth-order valence-corrected chi connectivity index (χ4v) is 2.75. The lowest BCUT2D eigenvalue weighted by Crippen LogP contribution is -2.13. The number of carbonyl (C=O) groups is 1. The summed E-state index contributed by atoms with van der Waals surface area (Å²) in [5, 5.41) is 7.05. The largest absolute Gasteiger partial charge is 0.321 e. The van der Waals surface area contributed by atoms with Gasteiger partial charge in [0.1, 0.15) is 5.82 Å². The second-order valence-corrected chi connectivity index (χ2v) is 6.07. The number of benzene rings is 2. The second kappa shape index (κ2) is 7.31. The van der Waals surface area contributed by atoms with Gasteiger partial charge in [0.15, 0.2) is 5.69 Å². The summed E-state index contributed by atoms with van der Waals surface area (Å²) in [4.78, 5) is 12.3. The molecule has 0 unspecified atom stereocenters. The van der Waals surface area contributed by atoms with Crippen LogP contribution >= 0.6 is 11.8 Å². The lowest BCUT2D eigenvalue weighted by Gasteiger charge is -2.05. The number of aromatic nitrogens is 2. The minimum absolute atomic E-state index is 0.284. The van der Waals surface area contributed by atoms with E-state index >= 15 is 0 Å². The fraction of sp³-hybridized carbons (Fsp3) is 0.111. The van der Waals surface area contributed by atoms with Gasteiger partial charge in [0.05, 0.1) is 5.69 Å². The second-order valence-electron chi connectivity index (χ2n) is 5.21. The topological polar surface area (TPSA) is 46.9 Å². The first-order valence-corrected chi connectivity index (χ1v) is 8.76. The van der Waals surface area contributed by atoms with E-state index in [1.165, 1.54) is 22.4 Å². The molecule has 0 aliphatic rings. The maximum absolute atomic E-state index is 13.0. The van der Waals surface area contributed by atoms with Crippen LogP contribution in [-0.2, 0) is 5.75 Å². The third kappa shape index (κ3) is 3.83. The van der Waals surface area contributed by atoms with E-state index in [1.54, 1.807) is 36.2 Å². The van der Waals surface area contributed by atoms with E-state index in [1.807, 2.05) is 30.5 Å². The molecule has 0 saturated heterocycles. The highest BCUT2D eigenvalue weighted by Gasteiger charge is 2.10. The average molecular weight is 341 g/mol. The molecule has 4 nitrogen and oxygen atoms in total. The van der Waals surface area contributed by atoms with Crippen LogP contribution in [0.25, 0.3) is 5.69 Å². The summed E-state index contributed by atoms with van der Waals surface area (Å²) in [5.74, 6) is 0.346. The molecule has 0 fully saturated rings. The van der Waals surface area contributed by atoms with Gasteiger partial charge in [-0.3, -0.25) is 4.79 Å². The van der Waals surface area contributed by atoms with E-state index in [2.05, 4.69) is 10.4 Å². The number of nitrogens with one attached hydrogen (secondary N) is 1. The summed E-state index contributed by atoms with van der Waals surface area (Å²) in [5.41, 5.74) is 2.92. The maximum atomic E-state index is 13.0. The van der Waals surface area contributed by atoms with Crippen molar-refractivity contribution >= 4 is 23.4 Å². The molecule has 24 heavy (non-hydrogen) atoms. The number of rotatable bonds is 5. The number of thioether (sulfide) groups is 1. The Morgan fingerprint density at radius 2 is 1.83 bits per heavy atom. The van der Waals surface area contributed by atoms with E-state index in [9.17, 15) is 9.18 Å². The first-order valence-electron chi connectivity index (χ1n) is 7.36. The van der Waals surface area contributed by atoms with Gasteiger partial charge >= 0.3 is 0 Å². The van der Waals surface area contributed by atoms with Gasteiger partial charge in [-0.1, -0.05) is 12.1 Å². The number of amides is 1. The van der Waals surface area contributed by atoms with Crippen molar-refractivity contribution in [2.75, 3.05) is 11.6 Å². The van der Waals surface area contributed by atoms with Crippen molar-refractivity contribution in [3.8, 4) is 5.69 Å². The van der Waals surface area contributed by atoms with Crippen LogP contribution in [-0.4, -0.2) is 21.9 Å². The Hall–Kier alpha value is -2.60. The Balaban J connectivity index is 1.70. The molecule has 0 radical (unpaired) electrons. The maximum Gasteiger partial charge on any atom is 0.276 e. The molecular weight excluding hydrogens is 325 g/mol. The summed E-state index contributed by atoms with van der Waals surface area (Å²) >= 11 is 1.75. The van der Waals surface area contributed by atoms with Crippen molar-refractivity contribution in [1.29, 1.82) is 0 Å². The van der Waals surface area contributed by atoms with E-state index in [0.29, 0.717) is 11.4 Å². The van der Waals surface area contributed by atoms with Gasteiger partial charge in [-0.25, -0.2) is 9.07 Å². The van der Waals surface area contributed by atoms with Crippen molar-refractivity contribution < 1.29 is 9.18 Å². The van der Waals surface area contributed by atoms with Crippen LogP contribution in [0.3, 0.4) is 0 Å². The quantitative estimate of drug-likeness (QED) is 0.759. The highest BCUT2D eigenvalue weighted by Crippen LogP contribution is 2.15. The molecular formula is C18H16FN3OS. The van der Waals surface area contributed by atoms with E-state index in [0.717, 1.165) is 11.4 Å². The Labute approximate surface area is 143 Å². The molecule has 1 heterocycles. The zero-order chi connectivity index (χ0) is 16.9. The molecule has 0 spiro atoms. The Kier molecular flexibility index (Phi) is 4.96. The molecule has 0 saturated carbocycles. The Morgan fingerprint density at radius 1 is 1.12 bits per heavy atom. The molecule has 3 aromatic rings. The lowest BCUT2D eigenvalue weighted by molar-refractivity contribution is 0.102. The van der Waals surface area contributed by atoms with Crippen molar-refractivity contribution in [1.82, 2.24) is 9.78 Å². The molecule has 6 heteroatoms. The molecule has 0 bridgehead atoms. The van der Waals surface area contributed by atoms with Crippen molar-refractivity contribution in [3.05, 3.63) is 77.9 Å². The molecule has 0 atom stereocenters. The third-order valence-corrected chi connectivity index (χ3v) is 4.06.